The van der Waals surface area contributed by atoms with Gasteiger partial charge in [0.05, 0.1) is 4.92 Å². The molecule has 0 N–H and O–H groups in total. The molecule has 0 atom stereocenters. The maximum absolute atomic E-state index is 13.5. The number of halogens is 2. The van der Waals surface area contributed by atoms with Gasteiger partial charge in [0.15, 0.2) is 11.0 Å². The van der Waals surface area contributed by atoms with Crippen molar-refractivity contribution in [1.29, 1.82) is 0 Å². The van der Waals surface area contributed by atoms with Gasteiger partial charge in [-0.25, -0.2) is 4.39 Å². The van der Waals surface area contributed by atoms with Crippen LogP contribution in [0.4, 0.5) is 10.1 Å². The van der Waals surface area contributed by atoms with E-state index in [0.29, 0.717) is 5.69 Å². The Labute approximate surface area is 111 Å². The van der Waals surface area contributed by atoms with E-state index in [-0.39, 0.29) is 11.8 Å². The average molecular weight is 284 g/mol. The van der Waals surface area contributed by atoms with Crippen molar-refractivity contribution in [3.05, 3.63) is 57.1 Å². The Morgan fingerprint density at radius 3 is 2.74 bits per heavy atom. The lowest BCUT2D eigenvalue weighted by Crippen LogP contribution is -2.03. The summed E-state index contributed by atoms with van der Waals surface area (Å²) >= 11 is 5.56. The summed E-state index contributed by atoms with van der Waals surface area (Å²) in [5, 5.41) is 18.2. The van der Waals surface area contributed by atoms with Crippen LogP contribution in [0.15, 0.2) is 30.3 Å². The summed E-state index contributed by atoms with van der Waals surface area (Å²) in [4.78, 5) is 10.0. The molecule has 0 aliphatic rings. The third-order valence-electron chi connectivity index (χ3n) is 2.19. The van der Waals surface area contributed by atoms with Crippen LogP contribution >= 0.6 is 11.6 Å². The van der Waals surface area contributed by atoms with Crippen molar-refractivity contribution in [3.63, 3.8) is 0 Å². The lowest BCUT2D eigenvalue weighted by molar-refractivity contribution is -0.386. The van der Waals surface area contributed by atoms with E-state index in [1.807, 2.05) is 0 Å². The first-order valence-corrected chi connectivity index (χ1v) is 5.49. The van der Waals surface area contributed by atoms with E-state index in [0.717, 1.165) is 12.1 Å². The highest BCUT2D eigenvalue weighted by Crippen LogP contribution is 2.30. The van der Waals surface area contributed by atoms with Gasteiger partial charge in [0.2, 0.25) is 5.75 Å². The molecule has 1 aromatic heterocycles. The van der Waals surface area contributed by atoms with Gasteiger partial charge in [0.1, 0.15) is 12.3 Å². The SMILES string of the molecule is O=[N+]([O-])c1cccc(F)c1OCc1ccc(Cl)nn1. The van der Waals surface area contributed by atoms with Crippen LogP contribution in [0.2, 0.25) is 5.15 Å². The molecule has 8 heteroatoms. The summed E-state index contributed by atoms with van der Waals surface area (Å²) in [7, 11) is 0. The third-order valence-corrected chi connectivity index (χ3v) is 2.40. The molecule has 0 saturated carbocycles. The van der Waals surface area contributed by atoms with Gasteiger partial charge in [0.25, 0.3) is 0 Å². The number of hydrogen-bond donors (Lipinski definition) is 0. The molecule has 2 aromatic rings. The molecule has 0 amide bonds. The Bertz CT molecular complexity index is 607. The number of aromatic nitrogens is 2. The standard InChI is InChI=1S/C11H7ClFN3O3/c12-10-5-4-7(14-15-10)6-19-11-8(13)2-1-3-9(11)16(17)18/h1-5H,6H2. The minimum atomic E-state index is -0.809. The van der Waals surface area contributed by atoms with Crippen molar-refractivity contribution < 1.29 is 14.1 Å². The average Bonchev–Trinajstić information content (AvgIpc) is 2.39. The van der Waals surface area contributed by atoms with Crippen LogP contribution in [0.5, 0.6) is 5.75 Å². The van der Waals surface area contributed by atoms with Crippen LogP contribution in [0, 0.1) is 15.9 Å². The van der Waals surface area contributed by atoms with Gasteiger partial charge in [-0.1, -0.05) is 17.7 Å². The number of nitro benzene ring substituents is 1. The second-order valence-electron chi connectivity index (χ2n) is 3.48. The first kappa shape index (κ1) is 13.2. The molecule has 0 aliphatic carbocycles. The smallest absolute Gasteiger partial charge is 0.314 e. The predicted octanol–water partition coefficient (Wildman–Crippen LogP) is 2.76. The largest absolute Gasteiger partial charge is 0.478 e. The summed E-state index contributed by atoms with van der Waals surface area (Å²) in [6.07, 6.45) is 0. The minimum absolute atomic E-state index is 0.147. The van der Waals surface area contributed by atoms with E-state index in [1.54, 1.807) is 0 Å². The highest BCUT2D eigenvalue weighted by atomic mass is 35.5. The van der Waals surface area contributed by atoms with E-state index in [4.69, 9.17) is 16.3 Å². The van der Waals surface area contributed by atoms with Gasteiger partial charge in [-0.3, -0.25) is 10.1 Å². The highest BCUT2D eigenvalue weighted by molar-refractivity contribution is 6.29. The zero-order valence-electron chi connectivity index (χ0n) is 9.42. The molecule has 0 spiro atoms. The Kier molecular flexibility index (Phi) is 3.86. The molecule has 0 bridgehead atoms. The van der Waals surface area contributed by atoms with E-state index in [2.05, 4.69) is 10.2 Å². The number of para-hydroxylation sites is 1. The monoisotopic (exact) mass is 283 g/mol. The normalized spacial score (nSPS) is 10.2. The first-order chi connectivity index (χ1) is 9.08. The van der Waals surface area contributed by atoms with Crippen molar-refractivity contribution in [2.45, 2.75) is 6.61 Å². The number of rotatable bonds is 4. The molecule has 2 rings (SSSR count). The van der Waals surface area contributed by atoms with Crippen LogP contribution in [0.25, 0.3) is 0 Å². The molecule has 0 fully saturated rings. The number of nitrogens with zero attached hydrogens (tertiary/aromatic N) is 3. The minimum Gasteiger partial charge on any atom is -0.478 e. The quantitative estimate of drug-likeness (QED) is 0.637. The van der Waals surface area contributed by atoms with Crippen LogP contribution < -0.4 is 4.74 Å². The van der Waals surface area contributed by atoms with Crippen molar-refractivity contribution in [1.82, 2.24) is 10.2 Å². The van der Waals surface area contributed by atoms with Crippen LogP contribution in [0.3, 0.4) is 0 Å². The maximum atomic E-state index is 13.5. The molecular formula is C11H7ClFN3O3. The fourth-order valence-electron chi connectivity index (χ4n) is 1.35. The molecule has 6 nitrogen and oxygen atoms in total. The lowest BCUT2D eigenvalue weighted by Gasteiger charge is -2.06. The van der Waals surface area contributed by atoms with Gasteiger partial charge in [0, 0.05) is 6.07 Å². The molecule has 0 radical (unpaired) electrons. The van der Waals surface area contributed by atoms with Gasteiger partial charge in [-0.15, -0.1) is 5.10 Å². The van der Waals surface area contributed by atoms with Gasteiger partial charge in [-0.2, -0.15) is 5.10 Å². The molecule has 0 unspecified atom stereocenters. The number of benzene rings is 1. The van der Waals surface area contributed by atoms with Crippen molar-refractivity contribution >= 4 is 17.3 Å². The van der Waals surface area contributed by atoms with Crippen LogP contribution in [-0.2, 0) is 6.61 Å². The summed E-state index contributed by atoms with van der Waals surface area (Å²) in [5.74, 6) is -1.24. The number of hydrogen-bond acceptors (Lipinski definition) is 5. The molecule has 98 valence electrons. The molecule has 19 heavy (non-hydrogen) atoms. The Morgan fingerprint density at radius 1 is 1.32 bits per heavy atom. The van der Waals surface area contributed by atoms with Crippen molar-refractivity contribution in [2.75, 3.05) is 0 Å². The zero-order chi connectivity index (χ0) is 13.8. The van der Waals surface area contributed by atoms with E-state index in [9.17, 15) is 14.5 Å². The van der Waals surface area contributed by atoms with Gasteiger partial charge >= 0.3 is 5.69 Å². The second kappa shape index (κ2) is 5.57. The van der Waals surface area contributed by atoms with Crippen LogP contribution in [-0.4, -0.2) is 15.1 Å². The Hall–Kier alpha value is -2.28. The Balaban J connectivity index is 2.19. The number of ether oxygens (including phenoxy) is 1. The number of nitro groups is 1. The third kappa shape index (κ3) is 3.14. The van der Waals surface area contributed by atoms with E-state index in [1.165, 1.54) is 18.2 Å². The van der Waals surface area contributed by atoms with Crippen LogP contribution in [0.1, 0.15) is 5.69 Å². The molecular weight excluding hydrogens is 277 g/mol. The van der Waals surface area contributed by atoms with Crippen molar-refractivity contribution in [2.24, 2.45) is 0 Å². The summed E-state index contributed by atoms with van der Waals surface area (Å²) < 4.78 is 18.6. The zero-order valence-corrected chi connectivity index (χ0v) is 10.2. The molecule has 0 saturated heterocycles. The molecule has 1 heterocycles. The predicted molar refractivity (Wildman–Crippen MR) is 64.4 cm³/mol. The highest BCUT2D eigenvalue weighted by Gasteiger charge is 2.19. The summed E-state index contributed by atoms with van der Waals surface area (Å²) in [6.45, 7) is -0.147. The Morgan fingerprint density at radius 2 is 2.11 bits per heavy atom. The van der Waals surface area contributed by atoms with E-state index >= 15 is 0 Å². The summed E-state index contributed by atoms with van der Waals surface area (Å²) in [6, 6.07) is 6.50. The maximum Gasteiger partial charge on any atom is 0.314 e. The lowest BCUT2D eigenvalue weighted by atomic mass is 10.3. The molecule has 1 aromatic carbocycles. The first-order valence-electron chi connectivity index (χ1n) is 5.11. The summed E-state index contributed by atoms with van der Waals surface area (Å²) in [5.41, 5.74) is -0.0659. The molecule has 0 aliphatic heterocycles. The fraction of sp³-hybridized carbons (Fsp3) is 0.0909. The van der Waals surface area contributed by atoms with E-state index < -0.39 is 22.2 Å². The van der Waals surface area contributed by atoms with Gasteiger partial charge in [-0.05, 0) is 18.2 Å². The second-order valence-corrected chi connectivity index (χ2v) is 3.87. The topological polar surface area (TPSA) is 78.2 Å². The van der Waals surface area contributed by atoms with Gasteiger partial charge < -0.3 is 4.74 Å². The van der Waals surface area contributed by atoms with Crippen molar-refractivity contribution in [3.8, 4) is 5.75 Å². The fourth-order valence-corrected chi connectivity index (χ4v) is 1.45.